The molecule has 0 aliphatic carbocycles. The Balaban J connectivity index is 1.88. The summed E-state index contributed by atoms with van der Waals surface area (Å²) in [5, 5.41) is 14.8. The maximum Gasteiger partial charge on any atom is 0.168 e. The lowest BCUT2D eigenvalue weighted by Gasteiger charge is -2.45. The van der Waals surface area contributed by atoms with Crippen LogP contribution in [0.5, 0.6) is 0 Å². The molecule has 0 radical (unpaired) electrons. The van der Waals surface area contributed by atoms with Gasteiger partial charge in [-0.2, -0.15) is 0 Å². The van der Waals surface area contributed by atoms with E-state index in [0.29, 0.717) is 0 Å². The van der Waals surface area contributed by atoms with Gasteiger partial charge in [-0.15, -0.1) is 6.58 Å². The topological polar surface area (TPSA) is 115 Å². The monoisotopic (exact) mass is 469 g/mol. The van der Waals surface area contributed by atoms with E-state index < -0.39 is 36.7 Å². The first-order valence-corrected chi connectivity index (χ1v) is 11.1. The number of ether oxygens (including phenoxy) is 5. The normalized spacial score (nSPS) is 25.3. The quantitative estimate of drug-likeness (QED) is 0.157. The van der Waals surface area contributed by atoms with Gasteiger partial charge in [0.15, 0.2) is 6.29 Å². The van der Waals surface area contributed by atoms with Gasteiger partial charge in [0, 0.05) is 12.0 Å². The highest BCUT2D eigenvalue weighted by Crippen LogP contribution is 2.32. The van der Waals surface area contributed by atoms with Gasteiger partial charge in [0.25, 0.3) is 0 Å². The molecule has 1 aliphatic rings. The zero-order valence-electron chi connectivity index (χ0n) is 19.2. The summed E-state index contributed by atoms with van der Waals surface area (Å²) in [6.45, 7) is 4.39. The van der Waals surface area contributed by atoms with E-state index in [1.165, 1.54) is 7.11 Å². The van der Waals surface area contributed by atoms with E-state index in [1.807, 2.05) is 60.7 Å². The summed E-state index contributed by atoms with van der Waals surface area (Å²) >= 11 is 0. The predicted octanol–water partition coefficient (Wildman–Crippen LogP) is 3.77. The number of hydrogen-bond acceptors (Lipinski definition) is 7. The SMILES string of the molecule is C=CCOC[C@@H](O)[C@H]1O[C@@H](OC)[C@H](N=[N+]=[N-])[C@@H](OCc2ccccc2)[C@@H]1OCc1ccccc1. The van der Waals surface area contributed by atoms with E-state index >= 15 is 0 Å². The van der Waals surface area contributed by atoms with Crippen LogP contribution in [0.25, 0.3) is 10.4 Å². The number of aliphatic hydroxyl groups is 1. The highest BCUT2D eigenvalue weighted by atomic mass is 16.7. The first-order chi connectivity index (χ1) is 16.7. The summed E-state index contributed by atoms with van der Waals surface area (Å²) in [5.74, 6) is 0. The molecule has 2 aromatic carbocycles. The van der Waals surface area contributed by atoms with Crippen LogP contribution in [-0.2, 0) is 36.9 Å². The molecule has 34 heavy (non-hydrogen) atoms. The smallest absolute Gasteiger partial charge is 0.168 e. The largest absolute Gasteiger partial charge is 0.388 e. The molecule has 1 aliphatic heterocycles. The van der Waals surface area contributed by atoms with Crippen LogP contribution >= 0.6 is 0 Å². The van der Waals surface area contributed by atoms with Crippen molar-refractivity contribution in [3.05, 3.63) is 94.9 Å². The number of rotatable bonds is 13. The molecular formula is C25H31N3O6. The van der Waals surface area contributed by atoms with E-state index in [9.17, 15) is 10.6 Å². The van der Waals surface area contributed by atoms with Crippen molar-refractivity contribution < 1.29 is 28.8 Å². The minimum atomic E-state index is -1.05. The molecule has 0 spiro atoms. The van der Waals surface area contributed by atoms with Gasteiger partial charge in [0.2, 0.25) is 0 Å². The molecule has 9 nitrogen and oxygen atoms in total. The molecule has 0 amide bonds. The Bertz CT molecular complexity index is 909. The fourth-order valence-electron chi connectivity index (χ4n) is 3.82. The Morgan fingerprint density at radius 1 is 1.06 bits per heavy atom. The van der Waals surface area contributed by atoms with Crippen LogP contribution in [0.3, 0.4) is 0 Å². The maximum absolute atomic E-state index is 10.9. The number of aliphatic hydroxyl groups excluding tert-OH is 1. The molecule has 0 aromatic heterocycles. The molecule has 3 rings (SSSR count). The molecular weight excluding hydrogens is 438 g/mol. The van der Waals surface area contributed by atoms with E-state index in [0.717, 1.165) is 11.1 Å². The Kier molecular flexibility index (Phi) is 10.5. The van der Waals surface area contributed by atoms with Crippen molar-refractivity contribution in [3.63, 3.8) is 0 Å². The van der Waals surface area contributed by atoms with Gasteiger partial charge < -0.3 is 28.8 Å². The molecule has 9 heteroatoms. The predicted molar refractivity (Wildman–Crippen MR) is 126 cm³/mol. The minimum absolute atomic E-state index is 0.00406. The second-order valence-electron chi connectivity index (χ2n) is 7.82. The zero-order valence-corrected chi connectivity index (χ0v) is 19.2. The Hall–Kier alpha value is -2.75. The summed E-state index contributed by atoms with van der Waals surface area (Å²) in [6, 6.07) is 18.4. The highest BCUT2D eigenvalue weighted by molar-refractivity contribution is 5.15. The first kappa shape index (κ1) is 25.9. The Morgan fingerprint density at radius 3 is 2.18 bits per heavy atom. The molecule has 1 saturated heterocycles. The molecule has 6 atom stereocenters. The molecule has 0 saturated carbocycles. The van der Waals surface area contributed by atoms with Gasteiger partial charge >= 0.3 is 0 Å². The van der Waals surface area contributed by atoms with Crippen LogP contribution in [0.2, 0.25) is 0 Å². The van der Waals surface area contributed by atoms with E-state index in [2.05, 4.69) is 16.6 Å². The van der Waals surface area contributed by atoms with Crippen LogP contribution in [0.4, 0.5) is 0 Å². The molecule has 1 heterocycles. The van der Waals surface area contributed by atoms with Crippen LogP contribution in [-0.4, -0.2) is 62.2 Å². The van der Waals surface area contributed by atoms with Gasteiger partial charge in [-0.1, -0.05) is 71.9 Å². The number of nitrogens with zero attached hydrogens (tertiary/aromatic N) is 3. The average molecular weight is 470 g/mol. The molecule has 1 fully saturated rings. The van der Waals surface area contributed by atoms with Gasteiger partial charge in [0.1, 0.15) is 30.5 Å². The summed E-state index contributed by atoms with van der Waals surface area (Å²) < 4.78 is 29.5. The molecule has 182 valence electrons. The minimum Gasteiger partial charge on any atom is -0.388 e. The Labute approximate surface area is 199 Å². The lowest BCUT2D eigenvalue weighted by molar-refractivity contribution is -0.291. The fraction of sp³-hybridized carbons (Fsp3) is 0.440. The van der Waals surface area contributed by atoms with Gasteiger partial charge in [-0.25, -0.2) is 0 Å². The fourth-order valence-corrected chi connectivity index (χ4v) is 3.82. The number of methoxy groups -OCH3 is 1. The molecule has 0 bridgehead atoms. The van der Waals surface area contributed by atoms with Crippen molar-refractivity contribution in [2.24, 2.45) is 5.11 Å². The standard InChI is InChI=1S/C25H31N3O6/c1-3-14-31-17-20(29)22-24(33-16-19-12-8-5-9-13-19)23(21(27-28-26)25(30-2)34-22)32-15-18-10-6-4-7-11-18/h3-13,20-25,29H,1,14-17H2,2H3/t20-,21-,22-,23-,24-,25-/m1/s1. The first-order valence-electron chi connectivity index (χ1n) is 11.1. The van der Waals surface area contributed by atoms with Crippen LogP contribution in [0.15, 0.2) is 78.4 Å². The second kappa shape index (κ2) is 13.8. The third-order valence-electron chi connectivity index (χ3n) is 5.45. The molecule has 0 unspecified atom stereocenters. The van der Waals surface area contributed by atoms with Crippen molar-refractivity contribution in [3.8, 4) is 0 Å². The van der Waals surface area contributed by atoms with E-state index in [1.54, 1.807) is 6.08 Å². The zero-order chi connectivity index (χ0) is 24.2. The van der Waals surface area contributed by atoms with Crippen molar-refractivity contribution in [2.75, 3.05) is 20.3 Å². The van der Waals surface area contributed by atoms with Gasteiger partial charge in [-0.05, 0) is 16.7 Å². The van der Waals surface area contributed by atoms with Crippen LogP contribution in [0.1, 0.15) is 11.1 Å². The van der Waals surface area contributed by atoms with Crippen LogP contribution in [0, 0.1) is 0 Å². The lowest BCUT2D eigenvalue weighted by Crippen LogP contribution is -2.62. The van der Waals surface area contributed by atoms with E-state index in [4.69, 9.17) is 23.7 Å². The third kappa shape index (κ3) is 7.12. The van der Waals surface area contributed by atoms with Gasteiger partial charge in [-0.3, -0.25) is 0 Å². The van der Waals surface area contributed by atoms with Crippen molar-refractivity contribution >= 4 is 0 Å². The number of benzene rings is 2. The summed E-state index contributed by atoms with van der Waals surface area (Å²) in [5.41, 5.74) is 11.1. The lowest BCUT2D eigenvalue weighted by atomic mass is 9.93. The maximum atomic E-state index is 10.9. The second-order valence-corrected chi connectivity index (χ2v) is 7.82. The van der Waals surface area contributed by atoms with Crippen molar-refractivity contribution in [1.82, 2.24) is 0 Å². The number of hydrogen-bond donors (Lipinski definition) is 1. The Morgan fingerprint density at radius 2 is 1.65 bits per heavy atom. The average Bonchev–Trinajstić information content (AvgIpc) is 2.88. The van der Waals surface area contributed by atoms with Crippen molar-refractivity contribution in [1.29, 1.82) is 0 Å². The van der Waals surface area contributed by atoms with Crippen molar-refractivity contribution in [2.45, 2.75) is 50.0 Å². The highest BCUT2D eigenvalue weighted by Gasteiger charge is 2.50. The molecule has 1 N–H and O–H groups in total. The summed E-state index contributed by atoms with van der Waals surface area (Å²) in [7, 11) is 1.45. The van der Waals surface area contributed by atoms with Gasteiger partial charge in [0.05, 0.1) is 26.4 Å². The van der Waals surface area contributed by atoms with Crippen LogP contribution < -0.4 is 0 Å². The van der Waals surface area contributed by atoms with E-state index in [-0.39, 0.29) is 26.4 Å². The summed E-state index contributed by atoms with van der Waals surface area (Å²) in [6.07, 6.45) is -2.77. The number of azide groups is 1. The molecule has 2 aromatic rings. The summed E-state index contributed by atoms with van der Waals surface area (Å²) in [4.78, 5) is 2.98. The third-order valence-corrected chi connectivity index (χ3v) is 5.45.